The van der Waals surface area contributed by atoms with Crippen molar-refractivity contribution in [2.24, 2.45) is 0 Å². The van der Waals surface area contributed by atoms with E-state index in [0.29, 0.717) is 16.2 Å². The summed E-state index contributed by atoms with van der Waals surface area (Å²) in [6, 6.07) is 6.18. The van der Waals surface area contributed by atoms with Crippen LogP contribution in [0.2, 0.25) is 0 Å². The van der Waals surface area contributed by atoms with Gasteiger partial charge in [-0.1, -0.05) is 6.07 Å². The number of carbonyl (C=O) groups excluding carboxylic acids is 1. The predicted octanol–water partition coefficient (Wildman–Crippen LogP) is -0.120. The molecular weight excluding hydrogens is 492 g/mol. The van der Waals surface area contributed by atoms with E-state index >= 15 is 0 Å². The standard InChI is InChI=1S/C18H19F3IN2O4/c19-18(20,21)12-2-1-3-14(8-12)27-7-5-15-9-16(24-28-15)17(25)23-10-13-4-6-26-11-22-13/h1-3,8-9,13H,4-7,10-11H2,(H,23,25)/q-1. The average Bonchev–Trinajstić information content (AvgIpc) is 3.15. The van der Waals surface area contributed by atoms with E-state index in [2.05, 4.69) is 10.5 Å². The number of ether oxygens (including phenoxy) is 2. The number of benzene rings is 1. The molecule has 1 saturated heterocycles. The SMILES string of the molecule is O=C(NCC1CCOC[I-]1)c1cc(CCOc2cccc(C(F)(F)F)c2)on1. The van der Waals surface area contributed by atoms with Crippen LogP contribution in [0.3, 0.4) is 0 Å². The molecule has 3 rings (SSSR count). The van der Waals surface area contributed by atoms with E-state index in [1.807, 2.05) is 0 Å². The Bertz CT molecular complexity index is 791. The number of hydrogen-bond donors (Lipinski definition) is 1. The first-order chi connectivity index (χ1) is 13.4. The van der Waals surface area contributed by atoms with Gasteiger partial charge in [0.1, 0.15) is 0 Å². The van der Waals surface area contributed by atoms with E-state index in [0.717, 1.165) is 29.8 Å². The molecule has 0 radical (unpaired) electrons. The van der Waals surface area contributed by atoms with E-state index in [1.54, 1.807) is 0 Å². The number of rotatable bonds is 7. The molecule has 0 spiro atoms. The fourth-order valence-corrected chi connectivity index (χ4v) is 4.80. The van der Waals surface area contributed by atoms with Crippen molar-refractivity contribution in [1.29, 1.82) is 0 Å². The monoisotopic (exact) mass is 511 g/mol. The molecule has 1 fully saturated rings. The molecule has 28 heavy (non-hydrogen) atoms. The third-order valence-corrected chi connectivity index (χ3v) is 7.10. The number of nitrogens with zero attached hydrogens (tertiary/aromatic N) is 1. The normalized spacial score (nSPS) is 17.6. The van der Waals surface area contributed by atoms with Crippen LogP contribution in [-0.2, 0) is 17.3 Å². The van der Waals surface area contributed by atoms with Gasteiger partial charge >= 0.3 is 139 Å². The summed E-state index contributed by atoms with van der Waals surface area (Å²) in [5.41, 5.74) is -0.588. The molecule has 2 aromatic rings. The van der Waals surface area contributed by atoms with Crippen LogP contribution >= 0.6 is 0 Å². The molecule has 0 saturated carbocycles. The molecular formula is C18H19F3IN2O4-. The quantitative estimate of drug-likeness (QED) is 0.415. The number of nitrogens with one attached hydrogen (secondary N) is 1. The Morgan fingerprint density at radius 2 is 2.21 bits per heavy atom. The second kappa shape index (κ2) is 9.59. The Morgan fingerprint density at radius 1 is 1.36 bits per heavy atom. The molecule has 1 atom stereocenters. The second-order valence-corrected chi connectivity index (χ2v) is 9.34. The van der Waals surface area contributed by atoms with Gasteiger partial charge in [-0.15, -0.1) is 0 Å². The van der Waals surface area contributed by atoms with Crippen LogP contribution in [0.25, 0.3) is 0 Å². The van der Waals surface area contributed by atoms with E-state index < -0.39 is 11.7 Å². The molecule has 1 amide bonds. The van der Waals surface area contributed by atoms with Crippen molar-refractivity contribution >= 4 is 5.91 Å². The number of alkyl halides is 5. The van der Waals surface area contributed by atoms with Gasteiger partial charge in [-0.3, -0.25) is 0 Å². The van der Waals surface area contributed by atoms with Crippen molar-refractivity contribution in [3.63, 3.8) is 0 Å². The van der Waals surface area contributed by atoms with Gasteiger partial charge in [-0.25, -0.2) is 0 Å². The van der Waals surface area contributed by atoms with Gasteiger partial charge in [0.25, 0.3) is 0 Å². The number of hydrogen-bond acceptors (Lipinski definition) is 5. The number of amides is 1. The van der Waals surface area contributed by atoms with Crippen molar-refractivity contribution in [3.8, 4) is 5.75 Å². The average molecular weight is 511 g/mol. The van der Waals surface area contributed by atoms with E-state index in [9.17, 15) is 18.0 Å². The maximum atomic E-state index is 12.7. The number of aromatic nitrogens is 1. The van der Waals surface area contributed by atoms with Gasteiger partial charge in [0.15, 0.2) is 0 Å². The number of halogens is 4. The van der Waals surface area contributed by atoms with Crippen LogP contribution < -0.4 is 31.3 Å². The predicted molar refractivity (Wildman–Crippen MR) is 88.7 cm³/mol. The third kappa shape index (κ3) is 6.09. The van der Waals surface area contributed by atoms with Crippen molar-refractivity contribution in [2.45, 2.75) is 22.9 Å². The number of carbonyl (C=O) groups is 1. The summed E-state index contributed by atoms with van der Waals surface area (Å²) in [7, 11) is 0. The van der Waals surface area contributed by atoms with Crippen molar-refractivity contribution in [1.82, 2.24) is 10.5 Å². The third-order valence-electron chi connectivity index (χ3n) is 3.99. The first-order valence-corrected chi connectivity index (χ1v) is 11.4. The maximum absolute atomic E-state index is 12.7. The zero-order valence-corrected chi connectivity index (χ0v) is 17.0. The summed E-state index contributed by atoms with van der Waals surface area (Å²) in [5, 5.41) is 6.60. The Labute approximate surface area is 170 Å². The summed E-state index contributed by atoms with van der Waals surface area (Å²) in [6.45, 7) is 1.45. The molecule has 1 aromatic carbocycles. The Kier molecular flexibility index (Phi) is 7.16. The molecule has 2 heterocycles. The molecule has 6 nitrogen and oxygen atoms in total. The first kappa shape index (κ1) is 20.9. The van der Waals surface area contributed by atoms with Gasteiger partial charge in [0, 0.05) is 0 Å². The summed E-state index contributed by atoms with van der Waals surface area (Å²) in [5.74, 6) is 0.243. The molecule has 1 unspecified atom stereocenters. The summed E-state index contributed by atoms with van der Waals surface area (Å²) in [6.07, 6.45) is -3.17. The van der Waals surface area contributed by atoms with Gasteiger partial charge in [-0.05, 0) is 6.07 Å². The van der Waals surface area contributed by atoms with E-state index in [1.165, 1.54) is 18.2 Å². The van der Waals surface area contributed by atoms with E-state index in [-0.39, 0.29) is 51.6 Å². The fraction of sp³-hybridized carbons (Fsp3) is 0.444. The van der Waals surface area contributed by atoms with Gasteiger partial charge in [0.05, 0.1) is 5.56 Å². The molecule has 10 heteroatoms. The van der Waals surface area contributed by atoms with Crippen molar-refractivity contribution in [2.75, 3.05) is 24.4 Å². The van der Waals surface area contributed by atoms with Crippen molar-refractivity contribution in [3.05, 3.63) is 47.3 Å². The topological polar surface area (TPSA) is 73.6 Å². The first-order valence-electron chi connectivity index (χ1n) is 8.61. The summed E-state index contributed by atoms with van der Waals surface area (Å²) >= 11 is -0.0568. The van der Waals surface area contributed by atoms with Crippen LogP contribution in [0, 0.1) is 0 Å². The van der Waals surface area contributed by atoms with E-state index in [4.69, 9.17) is 14.0 Å². The van der Waals surface area contributed by atoms with Gasteiger partial charge in [-0.2, -0.15) is 13.2 Å². The molecule has 1 N–H and O–H groups in total. The minimum absolute atomic E-state index is 0.0568. The zero-order chi connectivity index (χ0) is 20.0. The summed E-state index contributed by atoms with van der Waals surface area (Å²) in [4.78, 5) is 12.1. The second-order valence-electron chi connectivity index (χ2n) is 6.07. The van der Waals surface area contributed by atoms with Gasteiger partial charge < -0.3 is 0 Å². The summed E-state index contributed by atoms with van der Waals surface area (Å²) < 4.78 is 55.2. The Morgan fingerprint density at radius 3 is 2.96 bits per heavy atom. The molecule has 0 aliphatic carbocycles. The van der Waals surface area contributed by atoms with Crippen LogP contribution in [0.5, 0.6) is 5.75 Å². The van der Waals surface area contributed by atoms with Crippen LogP contribution in [0.4, 0.5) is 13.2 Å². The molecule has 0 bridgehead atoms. The van der Waals surface area contributed by atoms with Crippen LogP contribution in [0.15, 0.2) is 34.9 Å². The molecule has 1 aliphatic rings. The van der Waals surface area contributed by atoms with Crippen LogP contribution in [0.1, 0.15) is 28.2 Å². The van der Waals surface area contributed by atoms with Crippen molar-refractivity contribution < 1.29 is 53.2 Å². The molecule has 1 aliphatic heterocycles. The van der Waals surface area contributed by atoms with Gasteiger partial charge in [0.2, 0.25) is 0 Å². The Balaban J connectivity index is 1.45. The minimum atomic E-state index is -4.42. The van der Waals surface area contributed by atoms with Crippen LogP contribution in [-0.4, -0.2) is 39.4 Å². The molecule has 154 valence electrons. The zero-order valence-electron chi connectivity index (χ0n) is 14.8. The Hall–Kier alpha value is -1.82. The fourth-order valence-electron chi connectivity index (χ4n) is 2.50. The molecule has 1 aromatic heterocycles.